The van der Waals surface area contributed by atoms with E-state index in [1.54, 1.807) is 24.3 Å². The molecule has 3 aromatic rings. The second-order valence-electron chi connectivity index (χ2n) is 5.88. The molecule has 0 aliphatic carbocycles. The number of nitrogens with zero attached hydrogens (tertiary/aromatic N) is 2. The number of fused-ring (bicyclic) bond motifs is 1. The molecular weight excluding hydrogens is 388 g/mol. The Hall–Kier alpha value is -2.78. The van der Waals surface area contributed by atoms with Crippen molar-refractivity contribution in [2.75, 3.05) is 17.7 Å². The molecule has 146 valence electrons. The number of hydrogen-bond acceptors (Lipinski definition) is 5. The number of hydrogen-bond donors (Lipinski definition) is 2. The average Bonchev–Trinajstić information content (AvgIpc) is 2.69. The van der Waals surface area contributed by atoms with Crippen molar-refractivity contribution in [3.05, 3.63) is 64.5 Å². The third kappa shape index (κ3) is 4.37. The molecule has 0 spiro atoms. The highest BCUT2D eigenvalue weighted by molar-refractivity contribution is 7.99. The van der Waals surface area contributed by atoms with E-state index in [1.165, 1.54) is 10.6 Å². The Kier molecular flexibility index (Phi) is 6.37. The Morgan fingerprint density at radius 1 is 1.14 bits per heavy atom. The van der Waals surface area contributed by atoms with Crippen molar-refractivity contribution in [2.45, 2.75) is 18.1 Å². The number of carbonyl (C=O) groups is 1. The van der Waals surface area contributed by atoms with Crippen molar-refractivity contribution in [1.29, 1.82) is 0 Å². The van der Waals surface area contributed by atoms with E-state index >= 15 is 0 Å². The van der Waals surface area contributed by atoms with E-state index in [1.807, 2.05) is 0 Å². The van der Waals surface area contributed by atoms with Crippen molar-refractivity contribution >= 4 is 34.3 Å². The molecule has 0 atom stereocenters. The van der Waals surface area contributed by atoms with Crippen molar-refractivity contribution in [3.63, 3.8) is 0 Å². The molecular formula is C19H17F2N3O3S. The van der Waals surface area contributed by atoms with E-state index in [4.69, 9.17) is 5.11 Å². The summed E-state index contributed by atoms with van der Waals surface area (Å²) in [6.07, 6.45) is 0.347. The molecule has 2 aromatic carbocycles. The van der Waals surface area contributed by atoms with Crippen LogP contribution in [-0.2, 0) is 11.3 Å². The summed E-state index contributed by atoms with van der Waals surface area (Å²) in [5.41, 5.74) is -0.310. The summed E-state index contributed by atoms with van der Waals surface area (Å²) in [7, 11) is 0. The number of amides is 1. The molecule has 9 heteroatoms. The second-order valence-corrected chi connectivity index (χ2v) is 6.82. The first kappa shape index (κ1) is 20.0. The van der Waals surface area contributed by atoms with Gasteiger partial charge in [0, 0.05) is 13.2 Å². The van der Waals surface area contributed by atoms with Crippen LogP contribution in [0.4, 0.5) is 14.5 Å². The molecule has 0 saturated heterocycles. The van der Waals surface area contributed by atoms with E-state index in [9.17, 15) is 18.4 Å². The molecule has 3 rings (SSSR count). The van der Waals surface area contributed by atoms with Crippen LogP contribution < -0.4 is 10.9 Å². The first-order chi connectivity index (χ1) is 13.5. The van der Waals surface area contributed by atoms with Crippen LogP contribution in [0.25, 0.3) is 10.9 Å². The van der Waals surface area contributed by atoms with E-state index < -0.39 is 23.2 Å². The molecule has 0 saturated carbocycles. The molecule has 1 aromatic heterocycles. The summed E-state index contributed by atoms with van der Waals surface area (Å²) in [5, 5.41) is 12.0. The Bertz CT molecular complexity index is 1050. The molecule has 0 aliphatic rings. The number of anilines is 1. The summed E-state index contributed by atoms with van der Waals surface area (Å²) >= 11 is 0.979. The largest absolute Gasteiger partial charge is 0.396 e. The number of benzene rings is 2. The number of carbonyl (C=O) groups excluding carboxylic acids is 1. The third-order valence-electron chi connectivity index (χ3n) is 3.93. The third-order valence-corrected chi connectivity index (χ3v) is 4.90. The number of aliphatic hydroxyl groups is 1. The highest BCUT2D eigenvalue weighted by Gasteiger charge is 2.15. The molecule has 0 aliphatic heterocycles. The van der Waals surface area contributed by atoms with Gasteiger partial charge in [0.25, 0.3) is 5.56 Å². The normalized spacial score (nSPS) is 11.0. The van der Waals surface area contributed by atoms with Gasteiger partial charge in [-0.2, -0.15) is 0 Å². The fourth-order valence-electron chi connectivity index (χ4n) is 2.61. The number of para-hydroxylation sites is 2. The lowest BCUT2D eigenvalue weighted by molar-refractivity contribution is -0.113. The Balaban J connectivity index is 1.83. The molecule has 0 unspecified atom stereocenters. The van der Waals surface area contributed by atoms with Gasteiger partial charge >= 0.3 is 0 Å². The summed E-state index contributed by atoms with van der Waals surface area (Å²) in [5.74, 6) is -2.58. The van der Waals surface area contributed by atoms with Gasteiger partial charge in [0.2, 0.25) is 5.91 Å². The SMILES string of the molecule is O=C(CSc1nc2ccccc2c(=O)n1CCCO)Nc1c(F)cccc1F. The predicted molar refractivity (Wildman–Crippen MR) is 103 cm³/mol. The van der Waals surface area contributed by atoms with Crippen LogP contribution in [0.3, 0.4) is 0 Å². The highest BCUT2D eigenvalue weighted by Crippen LogP contribution is 2.21. The smallest absolute Gasteiger partial charge is 0.262 e. The Morgan fingerprint density at radius 3 is 2.57 bits per heavy atom. The van der Waals surface area contributed by atoms with Crippen LogP contribution in [0.1, 0.15) is 6.42 Å². The summed E-state index contributed by atoms with van der Waals surface area (Å²) in [6.45, 7) is 0.134. The van der Waals surface area contributed by atoms with Gasteiger partial charge < -0.3 is 10.4 Å². The van der Waals surface area contributed by atoms with Crippen LogP contribution in [0.15, 0.2) is 52.4 Å². The van der Waals surface area contributed by atoms with Crippen LogP contribution in [0, 0.1) is 11.6 Å². The lowest BCUT2D eigenvalue weighted by atomic mass is 10.2. The predicted octanol–water partition coefficient (Wildman–Crippen LogP) is 2.79. The molecule has 0 fully saturated rings. The van der Waals surface area contributed by atoms with E-state index in [0.29, 0.717) is 22.5 Å². The maximum absolute atomic E-state index is 13.7. The van der Waals surface area contributed by atoms with E-state index in [-0.39, 0.29) is 24.5 Å². The van der Waals surface area contributed by atoms with Crippen molar-refractivity contribution in [1.82, 2.24) is 9.55 Å². The van der Waals surface area contributed by atoms with Crippen LogP contribution in [0.2, 0.25) is 0 Å². The van der Waals surface area contributed by atoms with Crippen LogP contribution in [0.5, 0.6) is 0 Å². The van der Waals surface area contributed by atoms with Crippen LogP contribution in [-0.4, -0.2) is 32.9 Å². The summed E-state index contributed by atoms with van der Waals surface area (Å²) in [4.78, 5) is 29.3. The van der Waals surface area contributed by atoms with Crippen molar-refractivity contribution < 1.29 is 18.7 Å². The van der Waals surface area contributed by atoms with Gasteiger partial charge in [-0.25, -0.2) is 13.8 Å². The number of halogens is 2. The zero-order chi connectivity index (χ0) is 20.1. The Morgan fingerprint density at radius 2 is 1.86 bits per heavy atom. The lowest BCUT2D eigenvalue weighted by Crippen LogP contribution is -2.25. The van der Waals surface area contributed by atoms with Crippen molar-refractivity contribution in [2.24, 2.45) is 0 Å². The van der Waals surface area contributed by atoms with Gasteiger partial charge in [-0.15, -0.1) is 0 Å². The van der Waals surface area contributed by atoms with Gasteiger partial charge in [0.1, 0.15) is 17.3 Å². The lowest BCUT2D eigenvalue weighted by Gasteiger charge is -2.13. The van der Waals surface area contributed by atoms with Crippen LogP contribution >= 0.6 is 11.8 Å². The zero-order valence-electron chi connectivity index (χ0n) is 14.7. The molecule has 6 nitrogen and oxygen atoms in total. The van der Waals surface area contributed by atoms with Crippen molar-refractivity contribution in [3.8, 4) is 0 Å². The zero-order valence-corrected chi connectivity index (χ0v) is 15.5. The van der Waals surface area contributed by atoms with Gasteiger partial charge in [-0.3, -0.25) is 14.2 Å². The number of aromatic nitrogens is 2. The van der Waals surface area contributed by atoms with E-state index in [0.717, 1.165) is 23.9 Å². The summed E-state index contributed by atoms with van der Waals surface area (Å²) < 4.78 is 28.7. The fourth-order valence-corrected chi connectivity index (χ4v) is 3.43. The first-order valence-electron chi connectivity index (χ1n) is 8.48. The summed E-state index contributed by atoms with van der Waals surface area (Å²) in [6, 6.07) is 10.1. The molecule has 0 bridgehead atoms. The molecule has 2 N–H and O–H groups in total. The quantitative estimate of drug-likeness (QED) is 0.467. The van der Waals surface area contributed by atoms with Gasteiger partial charge in [0.15, 0.2) is 5.16 Å². The number of thioether (sulfide) groups is 1. The minimum absolute atomic E-state index is 0.101. The molecule has 1 amide bonds. The molecule has 28 heavy (non-hydrogen) atoms. The minimum Gasteiger partial charge on any atom is -0.396 e. The van der Waals surface area contributed by atoms with Gasteiger partial charge in [-0.05, 0) is 30.7 Å². The van der Waals surface area contributed by atoms with E-state index in [2.05, 4.69) is 10.3 Å². The second kappa shape index (κ2) is 8.94. The Labute approximate surface area is 163 Å². The maximum atomic E-state index is 13.7. The molecule has 0 radical (unpaired) electrons. The van der Waals surface area contributed by atoms with Gasteiger partial charge in [0.05, 0.1) is 16.7 Å². The monoisotopic (exact) mass is 405 g/mol. The maximum Gasteiger partial charge on any atom is 0.262 e. The number of nitrogens with one attached hydrogen (secondary N) is 1. The standard InChI is InChI=1S/C19H17F2N3O3S/c20-13-6-3-7-14(21)17(13)23-16(26)11-28-19-22-15-8-2-1-5-12(15)18(27)24(19)9-4-10-25/h1-3,5-8,25H,4,9-11H2,(H,23,26). The molecule has 1 heterocycles. The number of aliphatic hydroxyl groups excluding tert-OH is 1. The first-order valence-corrected chi connectivity index (χ1v) is 9.47. The average molecular weight is 405 g/mol. The minimum atomic E-state index is -0.873. The topological polar surface area (TPSA) is 84.2 Å². The fraction of sp³-hybridized carbons (Fsp3) is 0.211. The van der Waals surface area contributed by atoms with Gasteiger partial charge in [-0.1, -0.05) is 30.0 Å². The highest BCUT2D eigenvalue weighted by atomic mass is 32.2. The number of rotatable bonds is 7.